The minimum atomic E-state index is -0.127. The predicted octanol–water partition coefficient (Wildman–Crippen LogP) is 1.68. The van der Waals surface area contributed by atoms with E-state index in [0.29, 0.717) is 6.04 Å². The van der Waals surface area contributed by atoms with Crippen LogP contribution < -0.4 is 5.32 Å². The number of rotatable bonds is 1. The fourth-order valence-corrected chi connectivity index (χ4v) is 1.84. The highest BCUT2D eigenvalue weighted by Crippen LogP contribution is 2.20. The minimum absolute atomic E-state index is 0.127. The van der Waals surface area contributed by atoms with Crippen molar-refractivity contribution < 1.29 is 5.11 Å². The molecule has 2 atom stereocenters. The molecule has 0 aliphatic heterocycles. The van der Waals surface area contributed by atoms with E-state index in [-0.39, 0.29) is 11.6 Å². The number of nitrogens with one attached hydrogen (secondary N) is 1. The summed E-state index contributed by atoms with van der Waals surface area (Å²) in [5.41, 5.74) is 0.128. The SMILES string of the molecule is CC(C)(C)NC1CCCC[C@@H]1O. The lowest BCUT2D eigenvalue weighted by atomic mass is 9.91. The molecular formula is C10H21NO. The van der Waals surface area contributed by atoms with Crippen molar-refractivity contribution in [3.05, 3.63) is 0 Å². The molecule has 2 nitrogen and oxygen atoms in total. The topological polar surface area (TPSA) is 32.3 Å². The third-order valence-electron chi connectivity index (χ3n) is 2.35. The summed E-state index contributed by atoms with van der Waals surface area (Å²) in [5, 5.41) is 13.1. The molecule has 0 heterocycles. The summed E-state index contributed by atoms with van der Waals surface area (Å²) in [6, 6.07) is 0.318. The van der Waals surface area contributed by atoms with Crippen molar-refractivity contribution in [3.8, 4) is 0 Å². The first-order chi connectivity index (χ1) is 5.49. The summed E-state index contributed by atoms with van der Waals surface area (Å²) in [5.74, 6) is 0. The Hall–Kier alpha value is -0.0800. The van der Waals surface area contributed by atoms with Crippen LogP contribution in [0.1, 0.15) is 46.5 Å². The molecule has 1 fully saturated rings. The van der Waals surface area contributed by atoms with Crippen LogP contribution in [0.2, 0.25) is 0 Å². The van der Waals surface area contributed by atoms with Gasteiger partial charge in [0.15, 0.2) is 0 Å². The van der Waals surface area contributed by atoms with Crippen molar-refractivity contribution >= 4 is 0 Å². The zero-order valence-electron chi connectivity index (χ0n) is 8.43. The average molecular weight is 171 g/mol. The van der Waals surface area contributed by atoms with Crippen LogP contribution in [0.4, 0.5) is 0 Å². The maximum atomic E-state index is 9.67. The van der Waals surface area contributed by atoms with Crippen LogP contribution in [0.3, 0.4) is 0 Å². The van der Waals surface area contributed by atoms with Crippen molar-refractivity contribution in [1.29, 1.82) is 0 Å². The Labute approximate surface area is 75.4 Å². The highest BCUT2D eigenvalue weighted by atomic mass is 16.3. The van der Waals surface area contributed by atoms with Gasteiger partial charge in [-0.15, -0.1) is 0 Å². The van der Waals surface area contributed by atoms with Gasteiger partial charge < -0.3 is 10.4 Å². The number of hydrogen-bond donors (Lipinski definition) is 2. The molecule has 0 aromatic heterocycles. The molecule has 1 unspecified atom stereocenters. The van der Waals surface area contributed by atoms with Crippen molar-refractivity contribution in [2.24, 2.45) is 0 Å². The van der Waals surface area contributed by atoms with Gasteiger partial charge in [-0.05, 0) is 33.6 Å². The van der Waals surface area contributed by atoms with Crippen molar-refractivity contribution in [2.45, 2.75) is 64.1 Å². The Bertz CT molecular complexity index is 139. The zero-order chi connectivity index (χ0) is 9.19. The molecule has 0 aromatic rings. The summed E-state index contributed by atoms with van der Waals surface area (Å²) in [7, 11) is 0. The lowest BCUT2D eigenvalue weighted by molar-refractivity contribution is 0.0781. The molecule has 2 heteroatoms. The first-order valence-electron chi connectivity index (χ1n) is 4.95. The molecule has 0 spiro atoms. The molecule has 1 saturated carbocycles. The van der Waals surface area contributed by atoms with E-state index >= 15 is 0 Å². The van der Waals surface area contributed by atoms with E-state index in [1.54, 1.807) is 0 Å². The Kier molecular flexibility index (Phi) is 3.13. The van der Waals surface area contributed by atoms with Crippen molar-refractivity contribution in [3.63, 3.8) is 0 Å². The number of aliphatic hydroxyl groups is 1. The van der Waals surface area contributed by atoms with Gasteiger partial charge >= 0.3 is 0 Å². The molecule has 1 rings (SSSR count). The number of hydrogen-bond acceptors (Lipinski definition) is 2. The van der Waals surface area contributed by atoms with Crippen LogP contribution in [-0.4, -0.2) is 22.8 Å². The maximum Gasteiger partial charge on any atom is 0.0693 e. The molecule has 0 aromatic carbocycles. The second-order valence-corrected chi connectivity index (χ2v) is 4.85. The van der Waals surface area contributed by atoms with Crippen LogP contribution >= 0.6 is 0 Å². The largest absolute Gasteiger partial charge is 0.392 e. The first kappa shape index (κ1) is 10.0. The summed E-state index contributed by atoms with van der Waals surface area (Å²) in [6.07, 6.45) is 4.40. The van der Waals surface area contributed by atoms with E-state index in [0.717, 1.165) is 12.8 Å². The molecule has 0 bridgehead atoms. The van der Waals surface area contributed by atoms with Crippen LogP contribution in [0.5, 0.6) is 0 Å². The molecule has 0 saturated heterocycles. The van der Waals surface area contributed by atoms with Gasteiger partial charge in [0.05, 0.1) is 6.10 Å². The van der Waals surface area contributed by atoms with Crippen LogP contribution in [-0.2, 0) is 0 Å². The highest BCUT2D eigenvalue weighted by molar-refractivity contribution is 4.85. The summed E-state index contributed by atoms with van der Waals surface area (Å²) >= 11 is 0. The summed E-state index contributed by atoms with van der Waals surface area (Å²) < 4.78 is 0. The van der Waals surface area contributed by atoms with E-state index in [9.17, 15) is 5.11 Å². The Morgan fingerprint density at radius 1 is 1.17 bits per heavy atom. The predicted molar refractivity (Wildman–Crippen MR) is 51.2 cm³/mol. The third-order valence-corrected chi connectivity index (χ3v) is 2.35. The highest BCUT2D eigenvalue weighted by Gasteiger charge is 2.26. The fourth-order valence-electron chi connectivity index (χ4n) is 1.84. The normalized spacial score (nSPS) is 32.0. The average Bonchev–Trinajstić information content (AvgIpc) is 1.91. The second-order valence-electron chi connectivity index (χ2n) is 4.85. The Morgan fingerprint density at radius 3 is 2.25 bits per heavy atom. The van der Waals surface area contributed by atoms with E-state index < -0.39 is 0 Å². The van der Waals surface area contributed by atoms with Gasteiger partial charge in [0, 0.05) is 11.6 Å². The van der Waals surface area contributed by atoms with Crippen LogP contribution in [0.15, 0.2) is 0 Å². The monoisotopic (exact) mass is 171 g/mol. The second kappa shape index (κ2) is 3.75. The Morgan fingerprint density at radius 2 is 1.75 bits per heavy atom. The molecule has 72 valence electrons. The molecule has 1 aliphatic rings. The third kappa shape index (κ3) is 3.11. The standard InChI is InChI=1S/C10H21NO/c1-10(2,3)11-8-6-4-5-7-9(8)12/h8-9,11-12H,4-7H2,1-3H3/t8?,9-/m0/s1. The van der Waals surface area contributed by atoms with E-state index in [1.165, 1.54) is 12.8 Å². The fraction of sp³-hybridized carbons (Fsp3) is 1.00. The van der Waals surface area contributed by atoms with E-state index in [2.05, 4.69) is 26.1 Å². The van der Waals surface area contributed by atoms with Gasteiger partial charge in [0.25, 0.3) is 0 Å². The zero-order valence-corrected chi connectivity index (χ0v) is 8.43. The van der Waals surface area contributed by atoms with Gasteiger partial charge in [-0.1, -0.05) is 12.8 Å². The van der Waals surface area contributed by atoms with E-state index in [1.807, 2.05) is 0 Å². The van der Waals surface area contributed by atoms with Gasteiger partial charge in [0.1, 0.15) is 0 Å². The summed E-state index contributed by atoms with van der Waals surface area (Å²) in [6.45, 7) is 6.44. The molecule has 2 N–H and O–H groups in total. The molecular weight excluding hydrogens is 150 g/mol. The van der Waals surface area contributed by atoms with Gasteiger partial charge in [-0.3, -0.25) is 0 Å². The van der Waals surface area contributed by atoms with Crippen molar-refractivity contribution in [1.82, 2.24) is 5.32 Å². The lowest BCUT2D eigenvalue weighted by Crippen LogP contribution is -2.50. The van der Waals surface area contributed by atoms with Crippen molar-refractivity contribution in [2.75, 3.05) is 0 Å². The minimum Gasteiger partial charge on any atom is -0.392 e. The molecule has 1 aliphatic carbocycles. The van der Waals surface area contributed by atoms with Crippen LogP contribution in [0.25, 0.3) is 0 Å². The Balaban J connectivity index is 2.39. The summed E-state index contributed by atoms with van der Waals surface area (Å²) in [4.78, 5) is 0. The quantitative estimate of drug-likeness (QED) is 0.629. The maximum absolute atomic E-state index is 9.67. The molecule has 12 heavy (non-hydrogen) atoms. The van der Waals surface area contributed by atoms with E-state index in [4.69, 9.17) is 0 Å². The number of aliphatic hydroxyl groups excluding tert-OH is 1. The smallest absolute Gasteiger partial charge is 0.0693 e. The lowest BCUT2D eigenvalue weighted by Gasteiger charge is -2.34. The first-order valence-corrected chi connectivity index (χ1v) is 4.95. The van der Waals surface area contributed by atoms with Gasteiger partial charge in [-0.25, -0.2) is 0 Å². The van der Waals surface area contributed by atoms with Gasteiger partial charge in [-0.2, -0.15) is 0 Å². The van der Waals surface area contributed by atoms with Crippen LogP contribution in [0, 0.1) is 0 Å². The van der Waals surface area contributed by atoms with Gasteiger partial charge in [0.2, 0.25) is 0 Å². The molecule has 0 radical (unpaired) electrons. The molecule has 0 amide bonds.